The zero-order valence-electron chi connectivity index (χ0n) is 9.78. The molecule has 0 unspecified atom stereocenters. The summed E-state index contributed by atoms with van der Waals surface area (Å²) in [5, 5.41) is 26.1. The third-order valence-corrected chi connectivity index (χ3v) is 3.57. The first-order valence-electron chi connectivity index (χ1n) is 5.20. The third-order valence-electron chi connectivity index (χ3n) is 2.22. The van der Waals surface area contributed by atoms with Crippen molar-refractivity contribution in [3.8, 4) is 6.07 Å². The Balaban J connectivity index is 2.85. The Morgan fingerprint density at radius 1 is 1.47 bits per heavy atom. The normalized spacial score (nSPS) is 12.6. The second kappa shape index (κ2) is 6.29. The Labute approximate surface area is 110 Å². The number of nitrogens with zero attached hydrogens (tertiary/aromatic N) is 1. The van der Waals surface area contributed by atoms with Crippen molar-refractivity contribution in [3.63, 3.8) is 0 Å². The molecule has 102 valence electrons. The summed E-state index contributed by atoms with van der Waals surface area (Å²) in [5.74, 6) is -1.93. The topological polar surface area (TPSA) is 127 Å². The molecule has 0 aliphatic carbocycles. The van der Waals surface area contributed by atoms with Gasteiger partial charge in [0.1, 0.15) is 6.04 Å². The lowest BCUT2D eigenvalue weighted by Gasteiger charge is -2.12. The summed E-state index contributed by atoms with van der Waals surface area (Å²) in [6.07, 6.45) is 0. The minimum Gasteiger partial charge on any atom is -0.480 e. The van der Waals surface area contributed by atoms with Gasteiger partial charge in [-0.3, -0.25) is 4.79 Å². The van der Waals surface area contributed by atoms with Gasteiger partial charge in [-0.2, -0.15) is 9.98 Å². The van der Waals surface area contributed by atoms with Crippen molar-refractivity contribution in [1.29, 1.82) is 5.26 Å². The zero-order chi connectivity index (χ0) is 14.5. The van der Waals surface area contributed by atoms with Crippen LogP contribution < -0.4 is 4.72 Å². The number of carboxylic acid groups (broad SMARTS) is 1. The largest absolute Gasteiger partial charge is 0.480 e. The van der Waals surface area contributed by atoms with Crippen molar-refractivity contribution in [2.45, 2.75) is 11.8 Å². The van der Waals surface area contributed by atoms with Gasteiger partial charge in [-0.1, -0.05) is 12.1 Å². The van der Waals surface area contributed by atoms with Crippen LogP contribution in [0.2, 0.25) is 0 Å². The molecule has 0 aliphatic heterocycles. The number of benzene rings is 1. The van der Waals surface area contributed by atoms with Crippen LogP contribution in [-0.4, -0.2) is 37.2 Å². The van der Waals surface area contributed by atoms with E-state index >= 15 is 0 Å². The van der Waals surface area contributed by atoms with Crippen molar-refractivity contribution in [3.05, 3.63) is 35.4 Å². The second-order valence-corrected chi connectivity index (χ2v) is 5.52. The van der Waals surface area contributed by atoms with Gasteiger partial charge in [0.25, 0.3) is 0 Å². The molecule has 8 heteroatoms. The lowest BCUT2D eigenvalue weighted by molar-refractivity contribution is -0.139. The van der Waals surface area contributed by atoms with E-state index in [4.69, 9.17) is 15.5 Å². The van der Waals surface area contributed by atoms with E-state index in [1.165, 1.54) is 24.3 Å². The molecule has 0 amide bonds. The molecule has 1 aromatic carbocycles. The first-order valence-corrected chi connectivity index (χ1v) is 6.86. The Morgan fingerprint density at radius 3 is 2.68 bits per heavy atom. The average molecular weight is 284 g/mol. The molecule has 1 atom stereocenters. The van der Waals surface area contributed by atoms with Crippen LogP contribution >= 0.6 is 0 Å². The first kappa shape index (κ1) is 15.1. The van der Waals surface area contributed by atoms with E-state index in [-0.39, 0.29) is 0 Å². The van der Waals surface area contributed by atoms with E-state index < -0.39 is 34.4 Å². The van der Waals surface area contributed by atoms with Crippen LogP contribution in [0.4, 0.5) is 0 Å². The minimum atomic E-state index is -3.92. The smallest absolute Gasteiger partial charge is 0.324 e. The zero-order valence-corrected chi connectivity index (χ0v) is 10.6. The molecule has 0 fully saturated rings. The Kier molecular flexibility index (Phi) is 5.00. The van der Waals surface area contributed by atoms with E-state index in [2.05, 4.69) is 0 Å². The van der Waals surface area contributed by atoms with Crippen molar-refractivity contribution < 1.29 is 23.4 Å². The monoisotopic (exact) mass is 284 g/mol. The third kappa shape index (κ3) is 4.67. The van der Waals surface area contributed by atoms with Crippen LogP contribution in [0.5, 0.6) is 0 Å². The molecule has 1 aromatic rings. The lowest BCUT2D eigenvalue weighted by atomic mass is 10.2. The summed E-state index contributed by atoms with van der Waals surface area (Å²) in [4.78, 5) is 10.6. The summed E-state index contributed by atoms with van der Waals surface area (Å²) in [5.41, 5.74) is 0.665. The van der Waals surface area contributed by atoms with Gasteiger partial charge in [-0.15, -0.1) is 0 Å². The molecule has 0 aliphatic rings. The number of nitrogens with one attached hydrogen (secondary N) is 1. The number of carbonyl (C=O) groups is 1. The summed E-state index contributed by atoms with van der Waals surface area (Å²) in [6.45, 7) is -0.840. The molecule has 19 heavy (non-hydrogen) atoms. The highest BCUT2D eigenvalue weighted by Crippen LogP contribution is 2.08. The maximum Gasteiger partial charge on any atom is 0.324 e. The molecular weight excluding hydrogens is 272 g/mol. The van der Waals surface area contributed by atoms with Crippen molar-refractivity contribution >= 4 is 16.0 Å². The number of hydrogen-bond donors (Lipinski definition) is 3. The van der Waals surface area contributed by atoms with Crippen LogP contribution in [0.15, 0.2) is 24.3 Å². The SMILES string of the molecule is N#Cc1cccc(CS(=O)(=O)N[C@@H](CO)C(=O)O)c1. The second-order valence-electron chi connectivity index (χ2n) is 3.76. The predicted octanol–water partition coefficient (Wildman–Crippen LogP) is -0.577. The molecule has 0 aromatic heterocycles. The number of hydrogen-bond acceptors (Lipinski definition) is 5. The maximum atomic E-state index is 11.7. The molecule has 1 rings (SSSR count). The predicted molar refractivity (Wildman–Crippen MR) is 65.4 cm³/mol. The number of sulfonamides is 1. The molecule has 0 saturated heterocycles. The number of rotatable bonds is 6. The molecular formula is C11H12N2O5S. The summed E-state index contributed by atoms with van der Waals surface area (Å²) in [6, 6.07) is 6.26. The van der Waals surface area contributed by atoms with Gasteiger partial charge in [0.15, 0.2) is 0 Å². The molecule has 0 saturated carbocycles. The van der Waals surface area contributed by atoms with Gasteiger partial charge in [0.2, 0.25) is 10.0 Å². The van der Waals surface area contributed by atoms with Gasteiger partial charge in [-0.25, -0.2) is 8.42 Å². The van der Waals surface area contributed by atoms with Crippen LogP contribution in [0.1, 0.15) is 11.1 Å². The molecule has 0 spiro atoms. The fraction of sp³-hybridized carbons (Fsp3) is 0.273. The quantitative estimate of drug-likeness (QED) is 0.641. The molecule has 7 nitrogen and oxygen atoms in total. The number of aliphatic carboxylic acids is 1. The highest BCUT2D eigenvalue weighted by Gasteiger charge is 2.23. The Hall–Kier alpha value is -1.95. The fourth-order valence-corrected chi connectivity index (χ4v) is 2.68. The van der Waals surface area contributed by atoms with E-state index in [0.717, 1.165) is 0 Å². The van der Waals surface area contributed by atoms with Gasteiger partial charge in [0, 0.05) is 0 Å². The van der Waals surface area contributed by atoms with Crippen molar-refractivity contribution in [2.24, 2.45) is 0 Å². The summed E-state index contributed by atoms with van der Waals surface area (Å²) >= 11 is 0. The first-order chi connectivity index (χ1) is 8.88. The van der Waals surface area contributed by atoms with Gasteiger partial charge in [0.05, 0.1) is 24.0 Å². The lowest BCUT2D eigenvalue weighted by Crippen LogP contribution is -2.43. The standard InChI is InChI=1S/C11H12N2O5S/c12-5-8-2-1-3-9(4-8)7-19(17,18)13-10(6-14)11(15)16/h1-4,10,13-14H,6-7H2,(H,15,16)/t10-/m0/s1. The van der Waals surface area contributed by atoms with Gasteiger partial charge < -0.3 is 10.2 Å². The molecule has 0 bridgehead atoms. The maximum absolute atomic E-state index is 11.7. The van der Waals surface area contributed by atoms with Crippen molar-refractivity contribution in [1.82, 2.24) is 4.72 Å². The van der Waals surface area contributed by atoms with Crippen LogP contribution in [-0.2, 0) is 20.6 Å². The van der Waals surface area contributed by atoms with E-state index in [1.807, 2.05) is 10.8 Å². The number of carboxylic acids is 1. The molecule has 0 radical (unpaired) electrons. The average Bonchev–Trinajstić information content (AvgIpc) is 2.35. The highest BCUT2D eigenvalue weighted by molar-refractivity contribution is 7.88. The van der Waals surface area contributed by atoms with Crippen molar-refractivity contribution in [2.75, 3.05) is 6.61 Å². The van der Waals surface area contributed by atoms with Gasteiger partial charge >= 0.3 is 5.97 Å². The van der Waals surface area contributed by atoms with E-state index in [9.17, 15) is 13.2 Å². The van der Waals surface area contributed by atoms with E-state index in [0.29, 0.717) is 11.1 Å². The molecule has 0 heterocycles. The molecule has 3 N–H and O–H groups in total. The van der Waals surface area contributed by atoms with Crippen LogP contribution in [0.25, 0.3) is 0 Å². The highest BCUT2D eigenvalue weighted by atomic mass is 32.2. The number of nitriles is 1. The number of aliphatic hydroxyl groups excluding tert-OH is 1. The summed E-state index contributed by atoms with van der Waals surface area (Å²) < 4.78 is 25.3. The Bertz CT molecular complexity index is 606. The van der Waals surface area contributed by atoms with Gasteiger partial charge in [-0.05, 0) is 17.7 Å². The van der Waals surface area contributed by atoms with E-state index in [1.54, 1.807) is 0 Å². The van der Waals surface area contributed by atoms with Crippen LogP contribution in [0.3, 0.4) is 0 Å². The summed E-state index contributed by atoms with van der Waals surface area (Å²) in [7, 11) is -3.92. The Morgan fingerprint density at radius 2 is 2.16 bits per heavy atom. The van der Waals surface area contributed by atoms with Crippen LogP contribution in [0, 0.1) is 11.3 Å². The number of aliphatic hydroxyl groups is 1. The minimum absolute atomic E-state index is 0.310. The fourth-order valence-electron chi connectivity index (χ4n) is 1.37.